The summed E-state index contributed by atoms with van der Waals surface area (Å²) in [5.41, 5.74) is 1.16. The number of rotatable bonds is 8. The first-order chi connectivity index (χ1) is 15.6. The fourth-order valence-corrected chi connectivity index (χ4v) is 5.80. The number of fused-ring (bicyclic) bond motifs is 1. The van der Waals surface area contributed by atoms with E-state index < -0.39 is 15.9 Å². The number of nitrogens with one attached hydrogen (secondary N) is 2. The topological polar surface area (TPSA) is 105 Å². The van der Waals surface area contributed by atoms with E-state index in [0.29, 0.717) is 30.1 Å². The van der Waals surface area contributed by atoms with E-state index >= 15 is 0 Å². The van der Waals surface area contributed by atoms with Crippen LogP contribution in [-0.2, 0) is 14.8 Å². The first-order valence-corrected chi connectivity index (χ1v) is 13.1. The average molecular weight is 492 g/mol. The van der Waals surface area contributed by atoms with E-state index in [1.165, 1.54) is 28.2 Å². The predicted molar refractivity (Wildman–Crippen MR) is 131 cm³/mol. The average Bonchev–Trinajstić information content (AvgIpc) is 2.75. The molecule has 2 N–H and O–H groups in total. The molecule has 3 rings (SSSR count). The third kappa shape index (κ3) is 5.51. The van der Waals surface area contributed by atoms with Crippen molar-refractivity contribution in [2.75, 3.05) is 23.7 Å². The molecule has 0 saturated carbocycles. The molecule has 2 aromatic rings. The number of sulfonamides is 1. The van der Waals surface area contributed by atoms with Crippen LogP contribution in [0.5, 0.6) is 5.75 Å². The molecular formula is C23H29N3O5S2. The molecule has 2 aromatic carbocycles. The summed E-state index contributed by atoms with van der Waals surface area (Å²) in [7, 11) is -3.72. The van der Waals surface area contributed by atoms with Gasteiger partial charge in [-0.15, -0.1) is 11.8 Å². The van der Waals surface area contributed by atoms with Crippen molar-refractivity contribution < 1.29 is 22.7 Å². The summed E-state index contributed by atoms with van der Waals surface area (Å²) in [6.45, 7) is 9.72. The molecule has 0 spiro atoms. The largest absolute Gasteiger partial charge is 0.489 e. The summed E-state index contributed by atoms with van der Waals surface area (Å²) >= 11 is 1.43. The molecule has 0 saturated heterocycles. The van der Waals surface area contributed by atoms with Crippen LogP contribution in [-0.4, -0.2) is 49.0 Å². The highest BCUT2D eigenvalue weighted by Crippen LogP contribution is 2.36. The standard InChI is InChI=1S/C23H29N3O5S2/c1-6-26(7-2)33(29,30)17-9-10-20(31-14(3)4)18(13-17)24-23(28)16-8-11-21-19(12-16)25-22(27)15(5)32-21/h8-15H,6-7H2,1-5H3,(H,24,28)(H,25,27). The van der Waals surface area contributed by atoms with Crippen LogP contribution in [0.2, 0.25) is 0 Å². The molecule has 0 aromatic heterocycles. The van der Waals surface area contributed by atoms with Crippen LogP contribution in [0.25, 0.3) is 0 Å². The third-order valence-corrected chi connectivity index (χ3v) is 8.30. The smallest absolute Gasteiger partial charge is 0.255 e. The number of amides is 2. The van der Waals surface area contributed by atoms with Gasteiger partial charge in [0, 0.05) is 23.5 Å². The van der Waals surface area contributed by atoms with Crippen LogP contribution in [0.3, 0.4) is 0 Å². The Labute approximate surface area is 199 Å². The molecule has 1 heterocycles. The number of hydrogen-bond donors (Lipinski definition) is 2. The molecule has 1 aliphatic rings. The molecule has 0 aliphatic carbocycles. The van der Waals surface area contributed by atoms with Gasteiger partial charge >= 0.3 is 0 Å². The van der Waals surface area contributed by atoms with Gasteiger partial charge in [0.15, 0.2) is 0 Å². The minimum atomic E-state index is -3.72. The van der Waals surface area contributed by atoms with Crippen molar-refractivity contribution in [2.24, 2.45) is 0 Å². The van der Waals surface area contributed by atoms with Crippen LogP contribution in [0.1, 0.15) is 45.0 Å². The van der Waals surface area contributed by atoms with E-state index in [4.69, 9.17) is 4.74 Å². The van der Waals surface area contributed by atoms with E-state index in [-0.39, 0.29) is 27.8 Å². The molecule has 1 atom stereocenters. The zero-order valence-corrected chi connectivity index (χ0v) is 21.0. The second kappa shape index (κ2) is 10.1. The van der Waals surface area contributed by atoms with Crippen molar-refractivity contribution >= 4 is 45.0 Å². The molecule has 33 heavy (non-hydrogen) atoms. The minimum Gasteiger partial charge on any atom is -0.489 e. The zero-order valence-electron chi connectivity index (χ0n) is 19.3. The Kier molecular flexibility index (Phi) is 7.71. The van der Waals surface area contributed by atoms with Crippen molar-refractivity contribution in [1.82, 2.24) is 4.31 Å². The second-order valence-corrected chi connectivity index (χ2v) is 11.1. The van der Waals surface area contributed by atoms with E-state index in [1.54, 1.807) is 38.1 Å². The van der Waals surface area contributed by atoms with E-state index in [1.807, 2.05) is 20.8 Å². The highest BCUT2D eigenvalue weighted by atomic mass is 32.2. The molecular weight excluding hydrogens is 462 g/mol. The van der Waals surface area contributed by atoms with Gasteiger partial charge in [0.05, 0.1) is 27.6 Å². The number of thioether (sulfide) groups is 1. The summed E-state index contributed by atoms with van der Waals surface area (Å²) in [6.07, 6.45) is -0.177. The third-order valence-electron chi connectivity index (χ3n) is 5.08. The first-order valence-electron chi connectivity index (χ1n) is 10.8. The van der Waals surface area contributed by atoms with Crippen molar-refractivity contribution in [2.45, 2.75) is 55.8 Å². The SMILES string of the molecule is CCN(CC)S(=O)(=O)c1ccc(OC(C)C)c(NC(=O)c2ccc3c(c2)NC(=O)C(C)S3)c1. The molecule has 0 bridgehead atoms. The van der Waals surface area contributed by atoms with E-state index in [9.17, 15) is 18.0 Å². The Morgan fingerprint density at radius 3 is 2.52 bits per heavy atom. The molecule has 8 nitrogen and oxygen atoms in total. The van der Waals surface area contributed by atoms with Gasteiger partial charge in [0.1, 0.15) is 5.75 Å². The summed E-state index contributed by atoms with van der Waals surface area (Å²) in [5.74, 6) is -0.193. The van der Waals surface area contributed by atoms with E-state index in [0.717, 1.165) is 4.90 Å². The Morgan fingerprint density at radius 2 is 1.88 bits per heavy atom. The van der Waals surface area contributed by atoms with Gasteiger partial charge in [-0.05, 0) is 57.2 Å². The van der Waals surface area contributed by atoms with Crippen LogP contribution in [0.15, 0.2) is 46.2 Å². The quantitative estimate of drug-likeness (QED) is 0.574. The molecule has 2 amide bonds. The van der Waals surface area contributed by atoms with Gasteiger partial charge in [0.25, 0.3) is 5.91 Å². The lowest BCUT2D eigenvalue weighted by Gasteiger charge is -2.22. The van der Waals surface area contributed by atoms with Gasteiger partial charge < -0.3 is 15.4 Å². The Morgan fingerprint density at radius 1 is 1.18 bits per heavy atom. The molecule has 0 fully saturated rings. The lowest BCUT2D eigenvalue weighted by molar-refractivity contribution is -0.115. The normalized spacial score (nSPS) is 15.8. The summed E-state index contributed by atoms with van der Waals surface area (Å²) in [4.78, 5) is 26.0. The lowest BCUT2D eigenvalue weighted by Crippen LogP contribution is -2.30. The molecule has 0 radical (unpaired) electrons. The van der Waals surface area contributed by atoms with Crippen LogP contribution in [0.4, 0.5) is 11.4 Å². The van der Waals surface area contributed by atoms with Crippen LogP contribution < -0.4 is 15.4 Å². The predicted octanol–water partition coefficient (Wildman–Crippen LogP) is 4.19. The Hall–Kier alpha value is -2.56. The van der Waals surface area contributed by atoms with Crippen molar-refractivity contribution in [3.05, 3.63) is 42.0 Å². The summed E-state index contributed by atoms with van der Waals surface area (Å²) in [6, 6.07) is 9.52. The monoisotopic (exact) mass is 491 g/mol. The fraction of sp³-hybridized carbons (Fsp3) is 0.391. The number of hydrogen-bond acceptors (Lipinski definition) is 6. The van der Waals surface area contributed by atoms with Gasteiger partial charge in [-0.25, -0.2) is 8.42 Å². The molecule has 178 valence electrons. The van der Waals surface area contributed by atoms with Gasteiger partial charge in [-0.2, -0.15) is 4.31 Å². The van der Waals surface area contributed by atoms with Crippen LogP contribution in [0, 0.1) is 0 Å². The van der Waals surface area contributed by atoms with E-state index in [2.05, 4.69) is 10.6 Å². The molecule has 10 heteroatoms. The van der Waals surface area contributed by atoms with Crippen molar-refractivity contribution in [1.29, 1.82) is 0 Å². The summed E-state index contributed by atoms with van der Waals surface area (Å²) < 4.78 is 33.1. The lowest BCUT2D eigenvalue weighted by atomic mass is 10.1. The fourth-order valence-electron chi connectivity index (χ4n) is 3.38. The van der Waals surface area contributed by atoms with Gasteiger partial charge in [-0.1, -0.05) is 13.8 Å². The first kappa shape index (κ1) is 25.1. The van der Waals surface area contributed by atoms with Crippen molar-refractivity contribution in [3.8, 4) is 5.75 Å². The molecule has 1 aliphatic heterocycles. The van der Waals surface area contributed by atoms with Crippen LogP contribution >= 0.6 is 11.8 Å². The zero-order chi connectivity index (χ0) is 24.3. The number of nitrogens with zero attached hydrogens (tertiary/aromatic N) is 1. The number of benzene rings is 2. The Balaban J connectivity index is 1.95. The number of ether oxygens (including phenoxy) is 1. The van der Waals surface area contributed by atoms with Gasteiger partial charge in [0.2, 0.25) is 15.9 Å². The number of anilines is 2. The Bertz CT molecular complexity index is 1160. The van der Waals surface area contributed by atoms with Gasteiger partial charge in [-0.3, -0.25) is 9.59 Å². The molecule has 1 unspecified atom stereocenters. The summed E-state index contributed by atoms with van der Waals surface area (Å²) in [5, 5.41) is 5.39. The minimum absolute atomic E-state index is 0.0701. The highest BCUT2D eigenvalue weighted by molar-refractivity contribution is 8.01. The maximum Gasteiger partial charge on any atom is 0.255 e. The number of carbonyl (C=O) groups excluding carboxylic acids is 2. The second-order valence-electron chi connectivity index (χ2n) is 7.83. The van der Waals surface area contributed by atoms with Crippen molar-refractivity contribution in [3.63, 3.8) is 0 Å². The maximum absolute atomic E-state index is 13.0. The maximum atomic E-state index is 13.0. The number of carbonyl (C=O) groups is 2. The highest BCUT2D eigenvalue weighted by Gasteiger charge is 2.26.